The van der Waals surface area contributed by atoms with Crippen LogP contribution in [0.1, 0.15) is 12.8 Å². The van der Waals surface area contributed by atoms with Gasteiger partial charge in [-0.05, 0) is 15.7 Å². The summed E-state index contributed by atoms with van der Waals surface area (Å²) in [6, 6.07) is 0. The van der Waals surface area contributed by atoms with Crippen LogP contribution in [0, 0.1) is 0 Å². The molecule has 0 aliphatic heterocycles. The van der Waals surface area contributed by atoms with Crippen molar-refractivity contribution < 1.29 is 9.90 Å². The van der Waals surface area contributed by atoms with Gasteiger partial charge in [-0.2, -0.15) is 0 Å². The maximum atomic E-state index is 9.76. The maximum Gasteiger partial charge on any atom is 0.303 e. The molecule has 0 aromatic rings. The molecule has 0 aliphatic carbocycles. The first-order valence-electron chi connectivity index (χ1n) is 2.28. The number of rotatable bonds is 3. The van der Waals surface area contributed by atoms with Crippen LogP contribution in [0.5, 0.6) is 0 Å². The minimum atomic E-state index is -0.688. The number of aliphatic carboxylic acids is 1. The fourth-order valence-electron chi connectivity index (χ4n) is 0.276. The maximum absolute atomic E-state index is 9.76. The standard InChI is InChI=1S/C4H9O2P/c5-4(6)2-1-3-7/h1-3,7H2,(H,5,6)/p+1. The Bertz CT molecular complexity index is 62.7. The van der Waals surface area contributed by atoms with Gasteiger partial charge in [0.25, 0.3) is 0 Å². The smallest absolute Gasteiger partial charge is 0.303 e. The highest BCUT2D eigenvalue weighted by molar-refractivity contribution is 7.16. The van der Waals surface area contributed by atoms with Crippen LogP contribution < -0.4 is 0 Å². The number of carboxylic acids is 1. The zero-order chi connectivity index (χ0) is 5.70. The Hall–Kier alpha value is -0.100. The minimum Gasteiger partial charge on any atom is -0.481 e. The molecule has 0 fully saturated rings. The molecule has 1 atom stereocenters. The SMILES string of the molecule is O=C(O)CCC[PH3+]. The Morgan fingerprint density at radius 3 is 2.43 bits per heavy atom. The summed E-state index contributed by atoms with van der Waals surface area (Å²) < 4.78 is 0. The molecule has 0 amide bonds. The summed E-state index contributed by atoms with van der Waals surface area (Å²) in [5.74, 6) is -0.688. The molecule has 42 valence electrons. The molecule has 0 bridgehead atoms. The third kappa shape index (κ3) is 5.90. The molecular weight excluding hydrogens is 111 g/mol. The Morgan fingerprint density at radius 2 is 2.29 bits per heavy atom. The van der Waals surface area contributed by atoms with E-state index in [2.05, 4.69) is 0 Å². The van der Waals surface area contributed by atoms with Crippen LogP contribution in [-0.2, 0) is 4.79 Å². The van der Waals surface area contributed by atoms with E-state index < -0.39 is 5.97 Å². The van der Waals surface area contributed by atoms with Crippen LogP contribution in [0.4, 0.5) is 0 Å². The van der Waals surface area contributed by atoms with E-state index in [4.69, 9.17) is 5.11 Å². The van der Waals surface area contributed by atoms with E-state index in [9.17, 15) is 4.79 Å². The first-order valence-corrected chi connectivity index (χ1v) is 3.28. The van der Waals surface area contributed by atoms with E-state index in [1.54, 1.807) is 9.24 Å². The number of hydrogen-bond donors (Lipinski definition) is 1. The van der Waals surface area contributed by atoms with Gasteiger partial charge in [-0.3, -0.25) is 4.79 Å². The molecule has 0 rings (SSSR count). The molecule has 0 aromatic carbocycles. The number of carboxylic acid groups (broad SMARTS) is 1. The van der Waals surface area contributed by atoms with Crippen LogP contribution in [0.25, 0.3) is 0 Å². The molecule has 3 heteroatoms. The van der Waals surface area contributed by atoms with Gasteiger partial charge in [-0.15, -0.1) is 0 Å². The van der Waals surface area contributed by atoms with Crippen molar-refractivity contribution in [2.24, 2.45) is 0 Å². The molecule has 0 aromatic heterocycles. The molecule has 1 unspecified atom stereocenters. The third-order valence-corrected chi connectivity index (χ3v) is 1.14. The predicted molar refractivity (Wildman–Crippen MR) is 32.8 cm³/mol. The largest absolute Gasteiger partial charge is 0.481 e. The summed E-state index contributed by atoms with van der Waals surface area (Å²) in [6.45, 7) is 0. The molecule has 7 heavy (non-hydrogen) atoms. The van der Waals surface area contributed by atoms with E-state index in [0.717, 1.165) is 12.6 Å². The molecule has 0 heterocycles. The first-order chi connectivity index (χ1) is 3.27. The fourth-order valence-corrected chi connectivity index (χ4v) is 0.526. The number of hydrogen-bond acceptors (Lipinski definition) is 1. The molecule has 0 spiro atoms. The van der Waals surface area contributed by atoms with E-state index in [1.807, 2.05) is 0 Å². The van der Waals surface area contributed by atoms with Crippen molar-refractivity contribution in [1.82, 2.24) is 0 Å². The van der Waals surface area contributed by atoms with Crippen molar-refractivity contribution >= 4 is 15.2 Å². The van der Waals surface area contributed by atoms with Crippen molar-refractivity contribution in [2.75, 3.05) is 6.16 Å². The zero-order valence-electron chi connectivity index (χ0n) is 4.18. The molecule has 0 aliphatic rings. The lowest BCUT2D eigenvalue weighted by atomic mass is 10.3. The van der Waals surface area contributed by atoms with Gasteiger partial charge in [0.15, 0.2) is 0 Å². The zero-order valence-corrected chi connectivity index (χ0v) is 5.60. The average Bonchev–Trinajstić information content (AvgIpc) is 1.61. The van der Waals surface area contributed by atoms with Crippen molar-refractivity contribution in [2.45, 2.75) is 12.8 Å². The van der Waals surface area contributed by atoms with E-state index in [0.29, 0.717) is 6.42 Å². The molecule has 0 saturated carbocycles. The van der Waals surface area contributed by atoms with E-state index in [1.165, 1.54) is 0 Å². The van der Waals surface area contributed by atoms with Gasteiger partial charge < -0.3 is 5.11 Å². The highest BCUT2D eigenvalue weighted by Crippen LogP contribution is 1.92. The predicted octanol–water partition coefficient (Wildman–Crippen LogP) is 0.459. The van der Waals surface area contributed by atoms with Crippen molar-refractivity contribution in [3.05, 3.63) is 0 Å². The Balaban J connectivity index is 2.82. The second kappa shape index (κ2) is 4.07. The normalized spacial score (nSPS) is 9.14. The lowest BCUT2D eigenvalue weighted by Gasteiger charge is -1.83. The van der Waals surface area contributed by atoms with E-state index >= 15 is 0 Å². The highest BCUT2D eigenvalue weighted by Gasteiger charge is 1.92. The molecular formula is C4H10O2P+. The molecule has 1 N–H and O–H groups in total. The van der Waals surface area contributed by atoms with Crippen molar-refractivity contribution in [3.8, 4) is 0 Å². The van der Waals surface area contributed by atoms with Gasteiger partial charge in [-0.1, -0.05) is 0 Å². The highest BCUT2D eigenvalue weighted by atomic mass is 31.0. The number of carbonyl (C=O) groups is 1. The van der Waals surface area contributed by atoms with Gasteiger partial charge >= 0.3 is 5.97 Å². The van der Waals surface area contributed by atoms with Crippen molar-refractivity contribution in [3.63, 3.8) is 0 Å². The topological polar surface area (TPSA) is 37.3 Å². The summed E-state index contributed by atoms with van der Waals surface area (Å²) in [5, 5.41) is 8.05. The van der Waals surface area contributed by atoms with Crippen LogP contribution in [-0.4, -0.2) is 17.2 Å². The Kier molecular flexibility index (Phi) is 4.01. The average molecular weight is 121 g/mol. The fraction of sp³-hybridized carbons (Fsp3) is 0.750. The van der Waals surface area contributed by atoms with Gasteiger partial charge in [-0.25, -0.2) is 0 Å². The lowest BCUT2D eigenvalue weighted by molar-refractivity contribution is -0.137. The van der Waals surface area contributed by atoms with Crippen LogP contribution in [0.2, 0.25) is 0 Å². The van der Waals surface area contributed by atoms with Crippen LogP contribution in [0.3, 0.4) is 0 Å². The molecule has 2 nitrogen and oxygen atoms in total. The molecule has 0 saturated heterocycles. The summed E-state index contributed by atoms with van der Waals surface area (Å²) >= 11 is 0. The monoisotopic (exact) mass is 121 g/mol. The summed E-state index contributed by atoms with van der Waals surface area (Å²) in [4.78, 5) is 9.76. The quantitative estimate of drug-likeness (QED) is 0.550. The van der Waals surface area contributed by atoms with Gasteiger partial charge in [0, 0.05) is 6.42 Å². The van der Waals surface area contributed by atoms with Crippen LogP contribution in [0.15, 0.2) is 0 Å². The molecule has 0 radical (unpaired) electrons. The van der Waals surface area contributed by atoms with Gasteiger partial charge in [0.05, 0.1) is 6.16 Å². The van der Waals surface area contributed by atoms with Crippen molar-refractivity contribution in [1.29, 1.82) is 0 Å². The minimum absolute atomic E-state index is 0.323. The second-order valence-corrected chi connectivity index (χ2v) is 2.06. The first kappa shape index (κ1) is 6.90. The third-order valence-electron chi connectivity index (χ3n) is 0.641. The summed E-state index contributed by atoms with van der Waals surface area (Å²) in [6.07, 6.45) is 2.13. The Labute approximate surface area is 45.1 Å². The second-order valence-electron chi connectivity index (χ2n) is 1.35. The summed E-state index contributed by atoms with van der Waals surface area (Å²) in [7, 11) is 1.81. The van der Waals surface area contributed by atoms with E-state index in [-0.39, 0.29) is 0 Å². The summed E-state index contributed by atoms with van der Waals surface area (Å²) in [5.41, 5.74) is 0. The van der Waals surface area contributed by atoms with Crippen LogP contribution >= 0.6 is 9.24 Å². The van der Waals surface area contributed by atoms with Gasteiger partial charge in [0.1, 0.15) is 0 Å². The van der Waals surface area contributed by atoms with Gasteiger partial charge in [0.2, 0.25) is 0 Å². The lowest BCUT2D eigenvalue weighted by Crippen LogP contribution is -1.93. The Morgan fingerprint density at radius 1 is 1.71 bits per heavy atom.